The van der Waals surface area contributed by atoms with Crippen LogP contribution in [0.15, 0.2) is 24.3 Å². The van der Waals surface area contributed by atoms with Gasteiger partial charge in [-0.3, -0.25) is 0 Å². The van der Waals surface area contributed by atoms with Gasteiger partial charge in [0.15, 0.2) is 0 Å². The van der Waals surface area contributed by atoms with Gasteiger partial charge in [0.1, 0.15) is 5.82 Å². The summed E-state index contributed by atoms with van der Waals surface area (Å²) in [5.74, 6) is -0.328. The van der Waals surface area contributed by atoms with Crippen molar-refractivity contribution in [2.75, 3.05) is 12.3 Å². The Hall–Kier alpha value is -0.980. The predicted molar refractivity (Wildman–Crippen MR) is 70.0 cm³/mol. The number of halogens is 1. The van der Waals surface area contributed by atoms with Crippen LogP contribution in [-0.2, 0) is 10.0 Å². The molecule has 1 aromatic carbocycles. The van der Waals surface area contributed by atoms with E-state index in [-0.39, 0.29) is 11.6 Å². The summed E-state index contributed by atoms with van der Waals surface area (Å²) in [4.78, 5) is 0. The molecular weight excluding hydrogens is 255 g/mol. The Bertz CT molecular complexity index is 477. The van der Waals surface area contributed by atoms with Gasteiger partial charge in [0, 0.05) is 6.04 Å². The highest BCUT2D eigenvalue weighted by atomic mass is 32.2. The van der Waals surface area contributed by atoms with E-state index in [9.17, 15) is 12.8 Å². The first-order chi connectivity index (χ1) is 8.44. The number of benzene rings is 1. The van der Waals surface area contributed by atoms with Crippen molar-refractivity contribution in [2.45, 2.75) is 25.8 Å². The molecule has 0 amide bonds. The fourth-order valence-electron chi connectivity index (χ4n) is 1.61. The summed E-state index contributed by atoms with van der Waals surface area (Å²) in [5.41, 5.74) is 5.92. The first kappa shape index (κ1) is 15.1. The van der Waals surface area contributed by atoms with Crippen LogP contribution in [0.2, 0.25) is 0 Å². The Morgan fingerprint density at radius 3 is 2.72 bits per heavy atom. The fourth-order valence-corrected chi connectivity index (χ4v) is 2.99. The van der Waals surface area contributed by atoms with Crippen LogP contribution < -0.4 is 10.5 Å². The molecule has 0 bridgehead atoms. The second-order valence-corrected chi connectivity index (χ2v) is 6.08. The monoisotopic (exact) mass is 274 g/mol. The van der Waals surface area contributed by atoms with Crippen molar-refractivity contribution < 1.29 is 12.8 Å². The Balaban J connectivity index is 2.61. The zero-order valence-corrected chi connectivity index (χ0v) is 11.2. The van der Waals surface area contributed by atoms with Crippen LogP contribution in [0.1, 0.15) is 31.4 Å². The van der Waals surface area contributed by atoms with E-state index >= 15 is 0 Å². The number of hydrogen-bond acceptors (Lipinski definition) is 3. The maximum absolute atomic E-state index is 13.0. The highest BCUT2D eigenvalue weighted by Gasteiger charge is 2.15. The van der Waals surface area contributed by atoms with Gasteiger partial charge in [-0.25, -0.2) is 17.5 Å². The van der Waals surface area contributed by atoms with Crippen LogP contribution in [-0.4, -0.2) is 20.7 Å². The highest BCUT2D eigenvalue weighted by molar-refractivity contribution is 7.89. The van der Waals surface area contributed by atoms with E-state index in [0.717, 1.165) is 0 Å². The molecule has 3 N–H and O–H groups in total. The van der Waals surface area contributed by atoms with Crippen molar-refractivity contribution in [3.8, 4) is 0 Å². The Kier molecular flexibility index (Phi) is 5.71. The molecule has 0 saturated heterocycles. The normalized spacial score (nSPS) is 13.5. The van der Waals surface area contributed by atoms with Crippen molar-refractivity contribution in [2.24, 2.45) is 5.73 Å². The number of nitrogens with two attached hydrogens (primary N) is 1. The summed E-state index contributed by atoms with van der Waals surface area (Å²) in [6, 6.07) is 5.46. The standard InChI is InChI=1S/C12H19FN2O2S/c1-10(11-5-4-6-12(13)9-11)15-18(16,17)8-3-2-7-14/h4-6,9-10,15H,2-3,7-8,14H2,1H3. The third-order valence-electron chi connectivity index (χ3n) is 2.57. The van der Waals surface area contributed by atoms with Gasteiger partial charge in [-0.1, -0.05) is 12.1 Å². The molecule has 0 fully saturated rings. The quantitative estimate of drug-likeness (QED) is 0.741. The molecule has 1 aromatic rings. The molecule has 1 unspecified atom stereocenters. The molecule has 1 rings (SSSR count). The zero-order chi connectivity index (χ0) is 13.6. The lowest BCUT2D eigenvalue weighted by Crippen LogP contribution is -2.29. The van der Waals surface area contributed by atoms with E-state index in [4.69, 9.17) is 5.73 Å². The van der Waals surface area contributed by atoms with E-state index in [1.165, 1.54) is 12.1 Å². The first-order valence-corrected chi connectivity index (χ1v) is 7.55. The minimum atomic E-state index is -3.34. The largest absolute Gasteiger partial charge is 0.330 e. The molecule has 0 aromatic heterocycles. The van der Waals surface area contributed by atoms with E-state index in [2.05, 4.69) is 4.72 Å². The van der Waals surface area contributed by atoms with Crippen molar-refractivity contribution in [3.05, 3.63) is 35.6 Å². The van der Waals surface area contributed by atoms with Gasteiger partial charge in [-0.15, -0.1) is 0 Å². The summed E-state index contributed by atoms with van der Waals surface area (Å²) in [6.07, 6.45) is 1.21. The highest BCUT2D eigenvalue weighted by Crippen LogP contribution is 2.14. The molecule has 0 saturated carbocycles. The molecule has 0 heterocycles. The second-order valence-electron chi connectivity index (χ2n) is 4.21. The van der Waals surface area contributed by atoms with Crippen LogP contribution in [0.3, 0.4) is 0 Å². The van der Waals surface area contributed by atoms with Crippen molar-refractivity contribution in [3.63, 3.8) is 0 Å². The van der Waals surface area contributed by atoms with Crippen LogP contribution >= 0.6 is 0 Å². The average molecular weight is 274 g/mol. The van der Waals surface area contributed by atoms with E-state index in [1.54, 1.807) is 19.1 Å². The van der Waals surface area contributed by atoms with Crippen molar-refractivity contribution in [1.82, 2.24) is 4.72 Å². The lowest BCUT2D eigenvalue weighted by Gasteiger charge is -2.14. The maximum atomic E-state index is 13.0. The molecule has 4 nitrogen and oxygen atoms in total. The van der Waals surface area contributed by atoms with Gasteiger partial charge in [0.25, 0.3) is 0 Å². The molecular formula is C12H19FN2O2S. The Labute approximate surface area is 107 Å². The summed E-state index contributed by atoms with van der Waals surface area (Å²) >= 11 is 0. The van der Waals surface area contributed by atoms with Crippen LogP contribution in [0.5, 0.6) is 0 Å². The zero-order valence-electron chi connectivity index (χ0n) is 10.4. The second kappa shape index (κ2) is 6.82. The molecule has 0 radical (unpaired) electrons. The van der Waals surface area contributed by atoms with Gasteiger partial charge in [-0.05, 0) is 44.0 Å². The van der Waals surface area contributed by atoms with Crippen LogP contribution in [0.4, 0.5) is 4.39 Å². The molecule has 0 aliphatic rings. The van der Waals surface area contributed by atoms with Gasteiger partial charge in [0.2, 0.25) is 10.0 Å². The number of nitrogens with one attached hydrogen (secondary N) is 1. The van der Waals surface area contributed by atoms with Gasteiger partial charge >= 0.3 is 0 Å². The summed E-state index contributed by atoms with van der Waals surface area (Å²) in [5, 5.41) is 0. The molecule has 0 aliphatic heterocycles. The number of sulfonamides is 1. The number of unbranched alkanes of at least 4 members (excludes halogenated alkanes) is 1. The van der Waals surface area contributed by atoms with E-state index < -0.39 is 16.1 Å². The van der Waals surface area contributed by atoms with Crippen molar-refractivity contribution in [1.29, 1.82) is 0 Å². The van der Waals surface area contributed by atoms with Gasteiger partial charge in [0.05, 0.1) is 5.75 Å². The lowest BCUT2D eigenvalue weighted by molar-refractivity contribution is 0.561. The molecule has 102 valence electrons. The SMILES string of the molecule is CC(NS(=O)(=O)CCCCN)c1cccc(F)c1. The molecule has 6 heteroatoms. The Morgan fingerprint density at radius 2 is 2.11 bits per heavy atom. The summed E-state index contributed by atoms with van der Waals surface area (Å²) in [7, 11) is -3.34. The van der Waals surface area contributed by atoms with Gasteiger partial charge in [-0.2, -0.15) is 0 Å². The fraction of sp³-hybridized carbons (Fsp3) is 0.500. The molecule has 1 atom stereocenters. The third-order valence-corrected chi connectivity index (χ3v) is 4.11. The van der Waals surface area contributed by atoms with Gasteiger partial charge < -0.3 is 5.73 Å². The minimum absolute atomic E-state index is 0.0455. The number of hydrogen-bond donors (Lipinski definition) is 2. The van der Waals surface area contributed by atoms with Crippen LogP contribution in [0.25, 0.3) is 0 Å². The van der Waals surface area contributed by atoms with Crippen LogP contribution in [0, 0.1) is 5.82 Å². The average Bonchev–Trinajstić information content (AvgIpc) is 2.28. The molecule has 0 aliphatic carbocycles. The van der Waals surface area contributed by atoms with E-state index in [0.29, 0.717) is 24.9 Å². The predicted octanol–water partition coefficient (Wildman–Crippen LogP) is 1.54. The topological polar surface area (TPSA) is 72.2 Å². The smallest absolute Gasteiger partial charge is 0.212 e. The lowest BCUT2D eigenvalue weighted by atomic mass is 10.1. The first-order valence-electron chi connectivity index (χ1n) is 5.90. The van der Waals surface area contributed by atoms with E-state index in [1.807, 2.05) is 0 Å². The molecule has 18 heavy (non-hydrogen) atoms. The third kappa shape index (κ3) is 5.12. The maximum Gasteiger partial charge on any atom is 0.212 e. The Morgan fingerprint density at radius 1 is 1.39 bits per heavy atom. The summed E-state index contributed by atoms with van der Waals surface area (Å²) in [6.45, 7) is 2.17. The van der Waals surface area contributed by atoms with Crippen molar-refractivity contribution >= 4 is 10.0 Å². The minimum Gasteiger partial charge on any atom is -0.330 e. The summed E-state index contributed by atoms with van der Waals surface area (Å²) < 4.78 is 39.0. The molecule has 0 spiro atoms. The number of rotatable bonds is 7.